The van der Waals surface area contributed by atoms with Crippen LogP contribution in [0.1, 0.15) is 6.92 Å². The van der Waals surface area contributed by atoms with Crippen LogP contribution in [-0.2, 0) is 23.1 Å². The molecule has 0 radical (unpaired) electrons. The first-order valence-electron chi connectivity index (χ1n) is 5.15. The summed E-state index contributed by atoms with van der Waals surface area (Å²) >= 11 is 0. The van der Waals surface area contributed by atoms with Crippen molar-refractivity contribution in [2.24, 2.45) is 0 Å². The Hall–Kier alpha value is -0.920. The van der Waals surface area contributed by atoms with Gasteiger partial charge in [-0.3, -0.25) is 4.57 Å². The number of esters is 1. The molecule has 104 valence electrons. The Morgan fingerprint density at radius 2 is 2.17 bits per heavy atom. The summed E-state index contributed by atoms with van der Waals surface area (Å²) in [5.41, 5.74) is 0. The first kappa shape index (κ1) is 15.1. The molecule has 0 aromatic heterocycles. The fraction of sp³-hybridized carbons (Fsp3) is 0.667. The minimum absolute atomic E-state index is 0.00196. The first-order chi connectivity index (χ1) is 8.41. The SMILES string of the molecule is CCOP(=O)(OC)C1=C(O)C(=O)O[C@@H]1[C@@H](O)CO. The van der Waals surface area contributed by atoms with E-state index >= 15 is 0 Å². The molecule has 0 bridgehead atoms. The molecule has 1 heterocycles. The smallest absolute Gasteiger partial charge is 0.374 e. The molecule has 1 aliphatic heterocycles. The van der Waals surface area contributed by atoms with Crippen LogP contribution >= 0.6 is 7.60 Å². The second-order valence-corrected chi connectivity index (χ2v) is 5.51. The fourth-order valence-corrected chi connectivity index (χ4v) is 3.17. The lowest BCUT2D eigenvalue weighted by molar-refractivity contribution is -0.146. The summed E-state index contributed by atoms with van der Waals surface area (Å²) < 4.78 is 26.5. The molecular weight excluding hydrogens is 267 g/mol. The zero-order valence-corrected chi connectivity index (χ0v) is 10.8. The molecule has 9 heteroatoms. The first-order valence-corrected chi connectivity index (χ1v) is 6.69. The quantitative estimate of drug-likeness (QED) is 0.456. The van der Waals surface area contributed by atoms with Crippen LogP contribution in [0, 0.1) is 0 Å². The van der Waals surface area contributed by atoms with Crippen molar-refractivity contribution in [1.82, 2.24) is 0 Å². The van der Waals surface area contributed by atoms with Crippen molar-refractivity contribution in [1.29, 1.82) is 0 Å². The van der Waals surface area contributed by atoms with Gasteiger partial charge in [0.05, 0.1) is 13.2 Å². The maximum Gasteiger partial charge on any atom is 0.374 e. The van der Waals surface area contributed by atoms with Crippen molar-refractivity contribution < 1.29 is 38.5 Å². The Morgan fingerprint density at radius 1 is 1.56 bits per heavy atom. The predicted octanol–water partition coefficient (Wildman–Crippen LogP) is -0.0894. The van der Waals surface area contributed by atoms with Crippen molar-refractivity contribution >= 4 is 13.6 Å². The number of carbonyl (C=O) groups is 1. The van der Waals surface area contributed by atoms with E-state index in [0.29, 0.717) is 0 Å². The van der Waals surface area contributed by atoms with Gasteiger partial charge in [0.2, 0.25) is 5.76 Å². The van der Waals surface area contributed by atoms with E-state index in [4.69, 9.17) is 14.2 Å². The molecule has 0 fully saturated rings. The van der Waals surface area contributed by atoms with E-state index in [1.165, 1.54) is 0 Å². The zero-order valence-electron chi connectivity index (χ0n) is 9.90. The van der Waals surface area contributed by atoms with E-state index in [-0.39, 0.29) is 6.61 Å². The Labute approximate surface area is 103 Å². The highest BCUT2D eigenvalue weighted by atomic mass is 31.2. The van der Waals surface area contributed by atoms with Crippen LogP contribution in [0.2, 0.25) is 0 Å². The van der Waals surface area contributed by atoms with Gasteiger partial charge in [-0.1, -0.05) is 0 Å². The van der Waals surface area contributed by atoms with E-state index in [9.17, 15) is 19.6 Å². The van der Waals surface area contributed by atoms with E-state index in [1.54, 1.807) is 6.92 Å². The summed E-state index contributed by atoms with van der Waals surface area (Å²) in [7, 11) is -2.88. The standard InChI is InChI=1S/C9H15O8P/c1-3-16-18(14,15-2)8-6(12)9(13)17-7(8)5(11)4-10/h5,7,10-12H,3-4H2,1-2H3/t5-,7+,18?/m0/s1. The van der Waals surface area contributed by atoms with Crippen molar-refractivity contribution in [2.45, 2.75) is 19.1 Å². The zero-order chi connectivity index (χ0) is 13.9. The van der Waals surface area contributed by atoms with Crippen molar-refractivity contribution in [3.63, 3.8) is 0 Å². The van der Waals surface area contributed by atoms with Crippen molar-refractivity contribution in [3.8, 4) is 0 Å². The number of aliphatic hydroxyl groups excluding tert-OH is 3. The summed E-state index contributed by atoms with van der Waals surface area (Å²) in [4.78, 5) is 11.2. The molecule has 0 saturated carbocycles. The van der Waals surface area contributed by atoms with Gasteiger partial charge in [-0.15, -0.1) is 0 Å². The molecule has 8 nitrogen and oxygen atoms in total. The van der Waals surface area contributed by atoms with E-state index in [1.807, 2.05) is 0 Å². The average Bonchev–Trinajstić information content (AvgIpc) is 2.65. The third-order valence-electron chi connectivity index (χ3n) is 2.31. The molecule has 1 rings (SSSR count). The molecule has 1 unspecified atom stereocenters. The number of rotatable bonds is 6. The lowest BCUT2D eigenvalue weighted by atomic mass is 10.2. The minimum Gasteiger partial charge on any atom is -0.501 e. The Kier molecular flexibility index (Phi) is 4.89. The second kappa shape index (κ2) is 5.81. The normalized spacial score (nSPS) is 24.9. The van der Waals surface area contributed by atoms with Gasteiger partial charge >= 0.3 is 13.6 Å². The van der Waals surface area contributed by atoms with Gasteiger partial charge in [-0.05, 0) is 6.92 Å². The molecule has 0 aromatic rings. The molecule has 0 saturated heterocycles. The number of cyclic esters (lactones) is 1. The Balaban J connectivity index is 3.22. The molecule has 3 atom stereocenters. The molecular formula is C9H15O8P. The molecule has 3 N–H and O–H groups in total. The summed E-state index contributed by atoms with van der Waals surface area (Å²) in [6, 6.07) is 0. The summed E-state index contributed by atoms with van der Waals surface area (Å²) in [6.07, 6.45) is -2.99. The molecule has 1 aliphatic rings. The molecule has 18 heavy (non-hydrogen) atoms. The van der Waals surface area contributed by atoms with Crippen molar-refractivity contribution in [2.75, 3.05) is 20.3 Å². The van der Waals surface area contributed by atoms with Crippen LogP contribution < -0.4 is 0 Å². The van der Waals surface area contributed by atoms with Crippen molar-refractivity contribution in [3.05, 3.63) is 11.1 Å². The van der Waals surface area contributed by atoms with Gasteiger partial charge in [0.1, 0.15) is 11.4 Å². The molecule has 0 aromatic carbocycles. The average molecular weight is 282 g/mol. The highest BCUT2D eigenvalue weighted by Gasteiger charge is 2.49. The number of hydrogen-bond donors (Lipinski definition) is 3. The monoisotopic (exact) mass is 282 g/mol. The van der Waals surface area contributed by atoms with Gasteiger partial charge in [0, 0.05) is 7.11 Å². The number of hydrogen-bond acceptors (Lipinski definition) is 8. The fourth-order valence-electron chi connectivity index (χ4n) is 1.50. The highest BCUT2D eigenvalue weighted by molar-refractivity contribution is 7.58. The van der Waals surface area contributed by atoms with Gasteiger partial charge in [0.15, 0.2) is 6.10 Å². The van der Waals surface area contributed by atoms with Gasteiger partial charge in [-0.2, -0.15) is 0 Å². The van der Waals surface area contributed by atoms with E-state index in [0.717, 1.165) is 7.11 Å². The molecule has 0 spiro atoms. The number of aliphatic hydroxyl groups is 3. The van der Waals surface area contributed by atoms with Gasteiger partial charge < -0.3 is 29.1 Å². The van der Waals surface area contributed by atoms with E-state index < -0.39 is 43.5 Å². The molecule has 0 aliphatic carbocycles. The number of carbonyl (C=O) groups excluding carboxylic acids is 1. The van der Waals surface area contributed by atoms with Crippen LogP contribution in [0.5, 0.6) is 0 Å². The van der Waals surface area contributed by atoms with Gasteiger partial charge in [-0.25, -0.2) is 4.79 Å². The topological polar surface area (TPSA) is 123 Å². The third-order valence-corrected chi connectivity index (χ3v) is 4.45. The third kappa shape index (κ3) is 2.57. The maximum absolute atomic E-state index is 12.3. The van der Waals surface area contributed by atoms with Crippen LogP contribution in [0.4, 0.5) is 0 Å². The lowest BCUT2D eigenvalue weighted by Gasteiger charge is -2.22. The Bertz CT molecular complexity index is 403. The maximum atomic E-state index is 12.3. The van der Waals surface area contributed by atoms with Crippen LogP contribution in [0.3, 0.4) is 0 Å². The minimum atomic E-state index is -3.95. The molecule has 0 amide bonds. The second-order valence-electron chi connectivity index (χ2n) is 3.41. The summed E-state index contributed by atoms with van der Waals surface area (Å²) in [5.74, 6) is -2.08. The Morgan fingerprint density at radius 3 is 2.61 bits per heavy atom. The summed E-state index contributed by atoms with van der Waals surface area (Å²) in [6.45, 7) is 0.793. The van der Waals surface area contributed by atoms with Crippen LogP contribution in [-0.4, -0.2) is 53.8 Å². The largest absolute Gasteiger partial charge is 0.501 e. The van der Waals surface area contributed by atoms with Gasteiger partial charge in [0.25, 0.3) is 0 Å². The van der Waals surface area contributed by atoms with Crippen LogP contribution in [0.25, 0.3) is 0 Å². The number of ether oxygens (including phenoxy) is 1. The van der Waals surface area contributed by atoms with E-state index in [2.05, 4.69) is 4.74 Å². The highest BCUT2D eigenvalue weighted by Crippen LogP contribution is 2.60. The lowest BCUT2D eigenvalue weighted by Crippen LogP contribution is -2.32. The predicted molar refractivity (Wildman–Crippen MR) is 58.9 cm³/mol. The summed E-state index contributed by atoms with van der Waals surface area (Å²) in [5, 5.41) is 27.4. The van der Waals surface area contributed by atoms with Crippen LogP contribution in [0.15, 0.2) is 11.1 Å².